The number of rotatable bonds is 1. The smallest absolute Gasteiger partial charge is 0.162 e. The van der Waals surface area contributed by atoms with Gasteiger partial charge >= 0.3 is 0 Å². The lowest BCUT2D eigenvalue weighted by Gasteiger charge is -2.37. The van der Waals surface area contributed by atoms with Crippen molar-refractivity contribution < 1.29 is 9.47 Å². The van der Waals surface area contributed by atoms with Crippen LogP contribution in [0.3, 0.4) is 0 Å². The molecule has 1 aliphatic heterocycles. The Bertz CT molecular complexity index is 161. The largest absolute Gasteiger partial charge is 0.350 e. The number of hydrogen-bond acceptors (Lipinski definition) is 2. The molecule has 1 saturated carbocycles. The summed E-state index contributed by atoms with van der Waals surface area (Å²) in [5.74, 6) is 1.20. The van der Waals surface area contributed by atoms with E-state index in [0.717, 1.165) is 19.1 Å². The van der Waals surface area contributed by atoms with Gasteiger partial charge in [-0.25, -0.2) is 0 Å². The Morgan fingerprint density at radius 2 is 1.46 bits per heavy atom. The first-order chi connectivity index (χ1) is 6.17. The van der Waals surface area contributed by atoms with Gasteiger partial charge in [0.1, 0.15) is 0 Å². The van der Waals surface area contributed by atoms with E-state index in [1.54, 1.807) is 0 Å². The summed E-state index contributed by atoms with van der Waals surface area (Å²) in [4.78, 5) is 0. The monoisotopic (exact) mass is 184 g/mol. The zero-order chi connectivity index (χ0) is 9.31. The van der Waals surface area contributed by atoms with Gasteiger partial charge in [-0.3, -0.25) is 0 Å². The van der Waals surface area contributed by atoms with E-state index in [-0.39, 0.29) is 5.79 Å². The maximum Gasteiger partial charge on any atom is 0.162 e. The first-order valence-corrected chi connectivity index (χ1v) is 5.45. The van der Waals surface area contributed by atoms with Crippen LogP contribution < -0.4 is 0 Å². The Morgan fingerprint density at radius 1 is 0.923 bits per heavy atom. The van der Waals surface area contributed by atoms with E-state index in [1.165, 1.54) is 25.7 Å². The van der Waals surface area contributed by atoms with Crippen LogP contribution in [0.15, 0.2) is 0 Å². The molecule has 13 heavy (non-hydrogen) atoms. The predicted octanol–water partition coefficient (Wildman–Crippen LogP) is 2.58. The molecule has 1 heterocycles. The van der Waals surface area contributed by atoms with Crippen molar-refractivity contribution in [3.05, 3.63) is 0 Å². The summed E-state index contributed by atoms with van der Waals surface area (Å²) in [6.07, 6.45) is 5.59. The molecule has 0 aromatic heterocycles. The minimum Gasteiger partial charge on any atom is -0.350 e. The third-order valence-corrected chi connectivity index (χ3v) is 3.36. The SMILES string of the molecule is CC1(C)OCC(C2CCCC2)CO1. The van der Waals surface area contributed by atoms with Crippen LogP contribution in [0.25, 0.3) is 0 Å². The normalized spacial score (nSPS) is 30.9. The van der Waals surface area contributed by atoms with Gasteiger partial charge in [0.2, 0.25) is 0 Å². The summed E-state index contributed by atoms with van der Waals surface area (Å²) in [5.41, 5.74) is 0. The van der Waals surface area contributed by atoms with Crippen LogP contribution in [-0.4, -0.2) is 19.0 Å². The quantitative estimate of drug-likeness (QED) is 0.623. The van der Waals surface area contributed by atoms with Crippen LogP contribution >= 0.6 is 0 Å². The van der Waals surface area contributed by atoms with Gasteiger partial charge < -0.3 is 9.47 Å². The first kappa shape index (κ1) is 9.47. The number of ether oxygens (including phenoxy) is 2. The molecule has 0 aromatic carbocycles. The summed E-state index contributed by atoms with van der Waals surface area (Å²) in [6, 6.07) is 0. The average molecular weight is 184 g/mol. The maximum absolute atomic E-state index is 5.67. The highest BCUT2D eigenvalue weighted by Gasteiger charge is 2.33. The lowest BCUT2D eigenvalue weighted by atomic mass is 9.91. The molecule has 0 amide bonds. The van der Waals surface area contributed by atoms with Crippen LogP contribution in [0.5, 0.6) is 0 Å². The van der Waals surface area contributed by atoms with Gasteiger partial charge in [-0.15, -0.1) is 0 Å². The minimum atomic E-state index is -0.338. The lowest BCUT2D eigenvalue weighted by molar-refractivity contribution is -0.267. The minimum absolute atomic E-state index is 0.338. The summed E-state index contributed by atoms with van der Waals surface area (Å²) in [7, 11) is 0. The molecule has 76 valence electrons. The molecule has 0 atom stereocenters. The van der Waals surface area contributed by atoms with Crippen LogP contribution in [0.1, 0.15) is 39.5 Å². The molecule has 0 spiro atoms. The molecule has 0 radical (unpaired) electrons. The Labute approximate surface area is 80.6 Å². The Kier molecular flexibility index (Phi) is 2.61. The van der Waals surface area contributed by atoms with Gasteiger partial charge in [0.25, 0.3) is 0 Å². The van der Waals surface area contributed by atoms with Gasteiger partial charge in [-0.1, -0.05) is 25.7 Å². The van der Waals surface area contributed by atoms with Gasteiger partial charge in [0.15, 0.2) is 5.79 Å². The predicted molar refractivity (Wildman–Crippen MR) is 51.4 cm³/mol. The van der Waals surface area contributed by atoms with Crippen molar-refractivity contribution in [3.63, 3.8) is 0 Å². The summed E-state index contributed by atoms with van der Waals surface area (Å²) in [5, 5.41) is 0. The van der Waals surface area contributed by atoms with Gasteiger partial charge in [-0.05, 0) is 19.8 Å². The number of hydrogen-bond donors (Lipinski definition) is 0. The Hall–Kier alpha value is -0.0800. The Morgan fingerprint density at radius 3 is 2.00 bits per heavy atom. The molecule has 0 aromatic rings. The highest BCUT2D eigenvalue weighted by molar-refractivity contribution is 4.78. The molecule has 0 N–H and O–H groups in total. The highest BCUT2D eigenvalue weighted by Crippen LogP contribution is 2.35. The van der Waals surface area contributed by atoms with Crippen molar-refractivity contribution in [2.45, 2.75) is 45.3 Å². The fraction of sp³-hybridized carbons (Fsp3) is 1.00. The van der Waals surface area contributed by atoms with Crippen molar-refractivity contribution in [1.82, 2.24) is 0 Å². The summed E-state index contributed by atoms with van der Waals surface area (Å²) < 4.78 is 11.3. The summed E-state index contributed by atoms with van der Waals surface area (Å²) in [6.45, 7) is 5.80. The molecule has 2 heteroatoms. The van der Waals surface area contributed by atoms with Gasteiger partial charge in [-0.2, -0.15) is 0 Å². The third-order valence-electron chi connectivity index (χ3n) is 3.36. The van der Waals surface area contributed by atoms with Crippen molar-refractivity contribution in [2.24, 2.45) is 11.8 Å². The topological polar surface area (TPSA) is 18.5 Å². The standard InChI is InChI=1S/C11H20O2/c1-11(2)12-7-10(8-13-11)9-5-3-4-6-9/h9-10H,3-8H2,1-2H3. The molecule has 0 bridgehead atoms. The molecule has 1 aliphatic carbocycles. The van der Waals surface area contributed by atoms with Crippen LogP contribution in [0.2, 0.25) is 0 Å². The second-order valence-corrected chi connectivity index (χ2v) is 4.83. The first-order valence-electron chi connectivity index (χ1n) is 5.45. The van der Waals surface area contributed by atoms with E-state index in [9.17, 15) is 0 Å². The second kappa shape index (κ2) is 3.58. The van der Waals surface area contributed by atoms with Gasteiger partial charge in [0.05, 0.1) is 13.2 Å². The van der Waals surface area contributed by atoms with E-state index < -0.39 is 0 Å². The van der Waals surface area contributed by atoms with Crippen molar-refractivity contribution >= 4 is 0 Å². The van der Waals surface area contributed by atoms with Crippen LogP contribution in [-0.2, 0) is 9.47 Å². The molecule has 2 rings (SSSR count). The highest BCUT2D eigenvalue weighted by atomic mass is 16.7. The average Bonchev–Trinajstić information content (AvgIpc) is 2.56. The van der Waals surface area contributed by atoms with Crippen LogP contribution in [0.4, 0.5) is 0 Å². The van der Waals surface area contributed by atoms with E-state index in [0.29, 0.717) is 5.92 Å². The fourth-order valence-corrected chi connectivity index (χ4v) is 2.41. The maximum atomic E-state index is 5.67. The Balaban J connectivity index is 1.83. The third kappa shape index (κ3) is 2.23. The van der Waals surface area contributed by atoms with E-state index in [1.807, 2.05) is 13.8 Å². The zero-order valence-corrected chi connectivity index (χ0v) is 8.71. The molecule has 2 nitrogen and oxygen atoms in total. The molecule has 0 unspecified atom stereocenters. The fourth-order valence-electron chi connectivity index (χ4n) is 2.41. The molecule has 2 aliphatic rings. The van der Waals surface area contributed by atoms with E-state index in [4.69, 9.17) is 9.47 Å². The lowest BCUT2D eigenvalue weighted by Crippen LogP contribution is -2.41. The van der Waals surface area contributed by atoms with Crippen molar-refractivity contribution in [2.75, 3.05) is 13.2 Å². The van der Waals surface area contributed by atoms with Crippen molar-refractivity contribution in [3.8, 4) is 0 Å². The second-order valence-electron chi connectivity index (χ2n) is 4.83. The van der Waals surface area contributed by atoms with Crippen LogP contribution in [0, 0.1) is 11.8 Å². The molecule has 2 fully saturated rings. The molecular weight excluding hydrogens is 164 g/mol. The van der Waals surface area contributed by atoms with Crippen molar-refractivity contribution in [1.29, 1.82) is 0 Å². The van der Waals surface area contributed by atoms with Gasteiger partial charge in [0, 0.05) is 5.92 Å². The van der Waals surface area contributed by atoms with E-state index in [2.05, 4.69) is 0 Å². The zero-order valence-electron chi connectivity index (χ0n) is 8.71. The molecule has 1 saturated heterocycles. The molecular formula is C11H20O2. The van der Waals surface area contributed by atoms with E-state index >= 15 is 0 Å². The summed E-state index contributed by atoms with van der Waals surface area (Å²) >= 11 is 0.